The summed E-state index contributed by atoms with van der Waals surface area (Å²) in [6.07, 6.45) is 9.89. The minimum absolute atomic E-state index is 0.0838. The van der Waals surface area contributed by atoms with Gasteiger partial charge in [0.25, 0.3) is 0 Å². The summed E-state index contributed by atoms with van der Waals surface area (Å²) in [6, 6.07) is 14.8. The Labute approximate surface area is 178 Å². The average molecular weight is 409 g/mol. The second kappa shape index (κ2) is 10.7. The molecule has 0 bridgehead atoms. The summed E-state index contributed by atoms with van der Waals surface area (Å²) in [5.74, 6) is 0. The van der Waals surface area contributed by atoms with Crippen molar-refractivity contribution in [3.05, 3.63) is 85.0 Å². The molecule has 2 nitrogen and oxygen atoms in total. The van der Waals surface area contributed by atoms with Crippen molar-refractivity contribution >= 4 is 19.3 Å². The van der Waals surface area contributed by atoms with Crippen LogP contribution in [0.4, 0.5) is 0 Å². The summed E-state index contributed by atoms with van der Waals surface area (Å²) >= 11 is 0. The van der Waals surface area contributed by atoms with Crippen LogP contribution in [0.3, 0.4) is 0 Å². The van der Waals surface area contributed by atoms with E-state index in [9.17, 15) is 0 Å². The van der Waals surface area contributed by atoms with E-state index in [4.69, 9.17) is 8.85 Å². The van der Waals surface area contributed by atoms with Gasteiger partial charge in [-0.05, 0) is 41.3 Å². The molecule has 0 fully saturated rings. The van der Waals surface area contributed by atoms with Gasteiger partial charge < -0.3 is 8.85 Å². The standard InChI is InChI=1S/C26H36O2Si/c1-8-14-23(15-9-2)27-29(20(4)5,21(6)7)28-26(10-3)25-19-13-17-22-16-11-12-18-24(22)25/h8-21,23,26H,3H2,1-2,4-7H3/b14-8+,15-9+. The van der Waals surface area contributed by atoms with E-state index in [-0.39, 0.29) is 23.3 Å². The van der Waals surface area contributed by atoms with E-state index in [1.807, 2.05) is 32.1 Å². The first-order chi connectivity index (χ1) is 13.9. The molecule has 0 aliphatic heterocycles. The monoisotopic (exact) mass is 408 g/mol. The lowest BCUT2D eigenvalue weighted by atomic mass is 10.0. The zero-order chi connectivity index (χ0) is 21.4. The number of hydrogen-bond acceptors (Lipinski definition) is 2. The highest BCUT2D eigenvalue weighted by Gasteiger charge is 2.47. The number of benzene rings is 2. The average Bonchev–Trinajstić information content (AvgIpc) is 2.70. The summed E-state index contributed by atoms with van der Waals surface area (Å²) in [7, 11) is -2.62. The molecule has 0 amide bonds. The van der Waals surface area contributed by atoms with Crippen LogP contribution in [0.1, 0.15) is 53.2 Å². The van der Waals surface area contributed by atoms with Crippen LogP contribution >= 0.6 is 0 Å². The van der Waals surface area contributed by atoms with E-state index in [0.717, 1.165) is 5.56 Å². The molecule has 0 radical (unpaired) electrons. The third kappa shape index (κ3) is 5.36. The minimum Gasteiger partial charge on any atom is -0.384 e. The Hall–Kier alpha value is -1.94. The van der Waals surface area contributed by atoms with Crippen molar-refractivity contribution in [2.45, 2.75) is 64.8 Å². The van der Waals surface area contributed by atoms with Crippen LogP contribution < -0.4 is 0 Å². The molecule has 156 valence electrons. The fraction of sp³-hybridized carbons (Fsp3) is 0.385. The third-order valence-electron chi connectivity index (χ3n) is 5.35. The van der Waals surface area contributed by atoms with Crippen LogP contribution in [0.25, 0.3) is 10.8 Å². The molecule has 0 aliphatic rings. The van der Waals surface area contributed by atoms with Crippen LogP contribution in [0.5, 0.6) is 0 Å². The predicted molar refractivity (Wildman–Crippen MR) is 128 cm³/mol. The predicted octanol–water partition coefficient (Wildman–Crippen LogP) is 7.88. The van der Waals surface area contributed by atoms with Gasteiger partial charge in [0.2, 0.25) is 0 Å². The largest absolute Gasteiger partial charge is 0.384 e. The van der Waals surface area contributed by atoms with Crippen LogP contribution in [-0.4, -0.2) is 14.7 Å². The highest BCUT2D eigenvalue weighted by molar-refractivity contribution is 6.70. The molecule has 1 unspecified atom stereocenters. The Kier molecular flexibility index (Phi) is 8.63. The van der Waals surface area contributed by atoms with Crippen LogP contribution in [-0.2, 0) is 8.85 Å². The highest BCUT2D eigenvalue weighted by atomic mass is 28.4. The summed E-state index contributed by atoms with van der Waals surface area (Å²) in [4.78, 5) is 0. The van der Waals surface area contributed by atoms with Crippen molar-refractivity contribution < 1.29 is 8.85 Å². The molecule has 1 atom stereocenters. The van der Waals surface area contributed by atoms with Gasteiger partial charge >= 0.3 is 8.56 Å². The molecule has 0 saturated carbocycles. The first kappa shape index (κ1) is 23.3. The maximum Gasteiger partial charge on any atom is 0.344 e. The fourth-order valence-electron chi connectivity index (χ4n) is 3.91. The van der Waals surface area contributed by atoms with Gasteiger partial charge in [-0.2, -0.15) is 0 Å². The molecule has 0 spiro atoms. The van der Waals surface area contributed by atoms with Gasteiger partial charge in [-0.1, -0.05) is 101 Å². The Morgan fingerprint density at radius 1 is 0.828 bits per heavy atom. The lowest BCUT2D eigenvalue weighted by Crippen LogP contribution is -2.50. The Bertz CT molecular complexity index is 825. The van der Waals surface area contributed by atoms with Gasteiger partial charge in [0.15, 0.2) is 0 Å². The SMILES string of the molecule is C=CC(O[Si](OC(/C=C/C)/C=C/C)(C(C)C)C(C)C)c1cccc2ccccc12. The number of rotatable bonds is 10. The Morgan fingerprint density at radius 2 is 1.41 bits per heavy atom. The molecule has 29 heavy (non-hydrogen) atoms. The van der Waals surface area contributed by atoms with Gasteiger partial charge in [-0.3, -0.25) is 0 Å². The van der Waals surface area contributed by atoms with Crippen molar-refractivity contribution in [2.75, 3.05) is 0 Å². The molecular formula is C26H36O2Si. The van der Waals surface area contributed by atoms with Crippen LogP contribution in [0.2, 0.25) is 11.1 Å². The quantitative estimate of drug-likeness (QED) is 0.294. The van der Waals surface area contributed by atoms with E-state index in [2.05, 4.69) is 88.9 Å². The van der Waals surface area contributed by atoms with Crippen molar-refractivity contribution in [2.24, 2.45) is 0 Å². The van der Waals surface area contributed by atoms with E-state index in [1.165, 1.54) is 10.8 Å². The van der Waals surface area contributed by atoms with E-state index < -0.39 is 8.56 Å². The van der Waals surface area contributed by atoms with Crippen molar-refractivity contribution in [3.63, 3.8) is 0 Å². The van der Waals surface area contributed by atoms with Gasteiger partial charge in [-0.15, -0.1) is 6.58 Å². The van der Waals surface area contributed by atoms with Crippen LogP contribution in [0, 0.1) is 0 Å². The smallest absolute Gasteiger partial charge is 0.344 e. The van der Waals surface area contributed by atoms with E-state index in [1.54, 1.807) is 0 Å². The topological polar surface area (TPSA) is 18.5 Å². The van der Waals surface area contributed by atoms with Gasteiger partial charge in [0, 0.05) is 0 Å². The summed E-state index contributed by atoms with van der Waals surface area (Å²) < 4.78 is 13.8. The molecular weight excluding hydrogens is 372 g/mol. The molecule has 2 aromatic rings. The summed E-state index contributed by atoms with van der Waals surface area (Å²) in [6.45, 7) is 17.0. The van der Waals surface area contributed by atoms with Gasteiger partial charge in [-0.25, -0.2) is 0 Å². The van der Waals surface area contributed by atoms with Crippen molar-refractivity contribution in [3.8, 4) is 0 Å². The normalized spacial score (nSPS) is 14.1. The zero-order valence-electron chi connectivity index (χ0n) is 18.8. The third-order valence-corrected chi connectivity index (χ3v) is 9.83. The van der Waals surface area contributed by atoms with E-state index >= 15 is 0 Å². The van der Waals surface area contributed by atoms with Gasteiger partial charge in [0.1, 0.15) is 0 Å². The van der Waals surface area contributed by atoms with E-state index in [0.29, 0.717) is 0 Å². The second-order valence-corrected chi connectivity index (χ2v) is 12.2. The maximum absolute atomic E-state index is 6.96. The van der Waals surface area contributed by atoms with Crippen molar-refractivity contribution in [1.29, 1.82) is 0 Å². The molecule has 0 aromatic heterocycles. The van der Waals surface area contributed by atoms with Gasteiger partial charge in [0.05, 0.1) is 12.2 Å². The molecule has 0 aliphatic carbocycles. The zero-order valence-corrected chi connectivity index (χ0v) is 19.8. The molecule has 0 heterocycles. The molecule has 0 N–H and O–H groups in total. The highest BCUT2D eigenvalue weighted by Crippen LogP contribution is 2.41. The first-order valence-electron chi connectivity index (χ1n) is 10.6. The minimum atomic E-state index is -2.62. The Balaban J connectivity index is 2.51. The lowest BCUT2D eigenvalue weighted by Gasteiger charge is -2.41. The summed E-state index contributed by atoms with van der Waals surface area (Å²) in [5.41, 5.74) is 1.73. The molecule has 2 rings (SSSR count). The number of hydrogen-bond donors (Lipinski definition) is 0. The maximum atomic E-state index is 6.96. The molecule has 0 saturated heterocycles. The Morgan fingerprint density at radius 3 is 1.97 bits per heavy atom. The number of fused-ring (bicyclic) bond motifs is 1. The fourth-order valence-corrected chi connectivity index (χ4v) is 7.59. The second-order valence-electron chi connectivity index (χ2n) is 8.01. The number of allylic oxidation sites excluding steroid dienone is 2. The molecule has 2 aromatic carbocycles. The van der Waals surface area contributed by atoms with Crippen molar-refractivity contribution in [1.82, 2.24) is 0 Å². The summed E-state index contributed by atoms with van der Waals surface area (Å²) in [5, 5.41) is 2.41. The van der Waals surface area contributed by atoms with Crippen LogP contribution in [0.15, 0.2) is 79.4 Å². The first-order valence-corrected chi connectivity index (χ1v) is 12.6. The molecule has 3 heteroatoms. The lowest BCUT2D eigenvalue weighted by molar-refractivity contribution is 0.116.